The van der Waals surface area contributed by atoms with Gasteiger partial charge in [-0.3, -0.25) is 0 Å². The van der Waals surface area contributed by atoms with Crippen LogP contribution in [0.25, 0.3) is 0 Å². The zero-order chi connectivity index (χ0) is 21.4. The summed E-state index contributed by atoms with van der Waals surface area (Å²) in [6.07, 6.45) is 8.20. The highest BCUT2D eigenvalue weighted by molar-refractivity contribution is 5.85. The lowest BCUT2D eigenvalue weighted by Gasteiger charge is -2.65. The van der Waals surface area contributed by atoms with E-state index in [2.05, 4.69) is 12.1 Å². The van der Waals surface area contributed by atoms with Crippen LogP contribution in [-0.4, -0.2) is 56.6 Å². The van der Waals surface area contributed by atoms with E-state index in [4.69, 9.17) is 4.74 Å². The number of rotatable bonds is 2. The maximum absolute atomic E-state index is 12.2. The predicted molar refractivity (Wildman–Crippen MR) is 108 cm³/mol. The number of hydrogen-bond donors (Lipinski definition) is 4. The summed E-state index contributed by atoms with van der Waals surface area (Å²) < 4.78 is 5.17. The molecule has 0 aromatic heterocycles. The smallest absolute Gasteiger partial charge is 0.331 e. The van der Waals surface area contributed by atoms with Gasteiger partial charge in [0.25, 0.3) is 0 Å². The first-order valence-electron chi connectivity index (χ1n) is 11.4. The lowest BCUT2D eigenvalue weighted by atomic mass is 9.41. The molecule has 0 radical (unpaired) electrons. The Hall–Kier alpha value is -1.44. The summed E-state index contributed by atoms with van der Waals surface area (Å²) in [7, 11) is 0. The van der Waals surface area contributed by atoms with Gasteiger partial charge in [0, 0.05) is 23.3 Å². The molecule has 5 rings (SSSR count). The number of carbonyl (C=O) groups excluding carboxylic acids is 1. The van der Waals surface area contributed by atoms with Gasteiger partial charge in [-0.1, -0.05) is 6.92 Å². The van der Waals surface area contributed by atoms with Crippen LogP contribution < -0.4 is 0 Å². The second-order valence-electron chi connectivity index (χ2n) is 10.8. The van der Waals surface area contributed by atoms with Crippen LogP contribution in [0.3, 0.4) is 0 Å². The van der Waals surface area contributed by atoms with Gasteiger partial charge in [0.2, 0.25) is 0 Å². The van der Waals surface area contributed by atoms with Crippen LogP contribution in [-0.2, 0) is 9.53 Å². The third-order valence-electron chi connectivity index (χ3n) is 9.93. The summed E-state index contributed by atoms with van der Waals surface area (Å²) in [5, 5.41) is 47.0. The van der Waals surface area contributed by atoms with Gasteiger partial charge in [0.05, 0.1) is 23.5 Å². The molecule has 7 nitrogen and oxygen atoms in total. The first kappa shape index (κ1) is 20.5. The number of aliphatic hydroxyl groups excluding tert-OH is 1. The normalized spacial score (nSPS) is 53.1. The number of oxime groups is 1. The molecular formula is C23H33NO6. The Morgan fingerprint density at radius 3 is 2.57 bits per heavy atom. The summed E-state index contributed by atoms with van der Waals surface area (Å²) in [5.74, 6) is -0.203. The lowest BCUT2D eigenvalue weighted by molar-refractivity contribution is -0.237. The number of aliphatic hydroxyl groups is 3. The van der Waals surface area contributed by atoms with Crippen molar-refractivity contribution in [2.45, 2.75) is 82.0 Å². The van der Waals surface area contributed by atoms with E-state index in [1.165, 1.54) is 6.21 Å². The van der Waals surface area contributed by atoms with Crippen molar-refractivity contribution in [3.05, 3.63) is 11.6 Å². The van der Waals surface area contributed by atoms with Crippen molar-refractivity contribution in [2.24, 2.45) is 33.7 Å². The Morgan fingerprint density at radius 2 is 1.87 bits per heavy atom. The Labute approximate surface area is 176 Å². The molecule has 4 N–H and O–H groups in total. The number of esters is 1. The molecule has 1 heterocycles. The molecule has 0 spiro atoms. The average Bonchev–Trinajstić information content (AvgIpc) is 3.23. The van der Waals surface area contributed by atoms with Crippen molar-refractivity contribution in [1.82, 2.24) is 0 Å². The van der Waals surface area contributed by atoms with Crippen molar-refractivity contribution in [2.75, 3.05) is 6.61 Å². The fraction of sp³-hybridized carbons (Fsp3) is 0.826. The fourth-order valence-electron chi connectivity index (χ4n) is 8.46. The Kier molecular flexibility index (Phi) is 4.45. The van der Waals surface area contributed by atoms with Crippen LogP contribution in [0.4, 0.5) is 0 Å². The van der Waals surface area contributed by atoms with Gasteiger partial charge in [0.15, 0.2) is 0 Å². The van der Waals surface area contributed by atoms with E-state index < -0.39 is 22.7 Å². The fourth-order valence-corrected chi connectivity index (χ4v) is 8.46. The zero-order valence-electron chi connectivity index (χ0n) is 17.6. The SMILES string of the molecule is C[C@@]12CC[C@@H]3[C@H](CC[C@@]4(O)C[C@H](O)CC[C@]34/C=N\O)[C@@]1(O)CC[C@H]2C1=CC(=O)OC1. The van der Waals surface area contributed by atoms with Crippen LogP contribution >= 0.6 is 0 Å². The van der Waals surface area contributed by atoms with Crippen molar-refractivity contribution >= 4 is 12.2 Å². The minimum atomic E-state index is -1.12. The molecule has 0 bridgehead atoms. The summed E-state index contributed by atoms with van der Waals surface area (Å²) in [6.45, 7) is 2.48. The number of nitrogens with zero attached hydrogens (tertiary/aromatic N) is 1. The topological polar surface area (TPSA) is 120 Å². The first-order valence-corrected chi connectivity index (χ1v) is 11.4. The van der Waals surface area contributed by atoms with Crippen LogP contribution in [0.15, 0.2) is 16.8 Å². The number of cyclic esters (lactones) is 1. The quantitative estimate of drug-likeness (QED) is 0.236. The Balaban J connectivity index is 1.53. The molecular weight excluding hydrogens is 386 g/mol. The van der Waals surface area contributed by atoms with E-state index in [9.17, 15) is 25.3 Å². The molecule has 0 saturated heterocycles. The van der Waals surface area contributed by atoms with Crippen molar-refractivity contribution in [3.8, 4) is 0 Å². The predicted octanol–water partition coefficient (Wildman–Crippen LogP) is 2.16. The second-order valence-corrected chi connectivity index (χ2v) is 10.8. The van der Waals surface area contributed by atoms with Crippen LogP contribution in [0.2, 0.25) is 0 Å². The molecule has 166 valence electrons. The Bertz CT molecular complexity index is 812. The average molecular weight is 420 g/mol. The van der Waals surface area contributed by atoms with Gasteiger partial charge < -0.3 is 25.3 Å². The van der Waals surface area contributed by atoms with Crippen molar-refractivity contribution in [1.29, 1.82) is 0 Å². The molecule has 5 aliphatic rings. The van der Waals surface area contributed by atoms with Gasteiger partial charge in [-0.25, -0.2) is 4.79 Å². The molecule has 0 aromatic carbocycles. The van der Waals surface area contributed by atoms with E-state index in [-0.39, 0.29) is 35.6 Å². The minimum Gasteiger partial charge on any atom is -0.458 e. The molecule has 4 aliphatic carbocycles. The van der Waals surface area contributed by atoms with Crippen molar-refractivity contribution in [3.63, 3.8) is 0 Å². The maximum atomic E-state index is 12.2. The third kappa shape index (κ3) is 2.43. The first-order chi connectivity index (χ1) is 14.2. The summed E-state index contributed by atoms with van der Waals surface area (Å²) in [5.41, 5.74) is -2.11. The largest absolute Gasteiger partial charge is 0.458 e. The number of hydrogen-bond acceptors (Lipinski definition) is 7. The maximum Gasteiger partial charge on any atom is 0.331 e. The molecule has 4 fully saturated rings. The van der Waals surface area contributed by atoms with E-state index in [0.29, 0.717) is 38.7 Å². The van der Waals surface area contributed by atoms with E-state index in [0.717, 1.165) is 24.8 Å². The van der Waals surface area contributed by atoms with Crippen LogP contribution in [0.1, 0.15) is 64.7 Å². The second kappa shape index (κ2) is 6.53. The summed E-state index contributed by atoms with van der Waals surface area (Å²) in [6, 6.07) is 0. The molecule has 1 aliphatic heterocycles. The lowest BCUT2D eigenvalue weighted by Crippen LogP contribution is -2.68. The third-order valence-corrected chi connectivity index (χ3v) is 9.93. The minimum absolute atomic E-state index is 0.00749. The highest BCUT2D eigenvalue weighted by Crippen LogP contribution is 2.70. The molecule has 8 atom stereocenters. The number of fused-ring (bicyclic) bond motifs is 5. The Morgan fingerprint density at radius 1 is 1.10 bits per heavy atom. The molecule has 7 heteroatoms. The van der Waals surface area contributed by atoms with Crippen LogP contribution in [0, 0.1) is 28.6 Å². The number of carbonyl (C=O) groups is 1. The molecule has 0 aromatic rings. The molecule has 0 unspecified atom stereocenters. The highest BCUT2D eigenvalue weighted by Gasteiger charge is 2.71. The monoisotopic (exact) mass is 419 g/mol. The van der Waals surface area contributed by atoms with Gasteiger partial charge in [-0.15, -0.1) is 5.16 Å². The standard InChI is InChI=1S/C23H33NO6/c1-20-6-3-17-18(23(20,28)9-5-16(20)14-10-19(26)30-12-14)4-8-22(27)11-15(25)2-7-21(17,22)13-24-29/h10,13,15-18,25,27-29H,2-9,11-12H2,1H3/b24-13-/t15-,16+,17-,18+,20+,21+,22-,23+/m1/s1. The molecule has 30 heavy (non-hydrogen) atoms. The van der Waals surface area contributed by atoms with Gasteiger partial charge in [-0.2, -0.15) is 0 Å². The molecule has 4 saturated carbocycles. The summed E-state index contributed by atoms with van der Waals surface area (Å²) >= 11 is 0. The highest BCUT2D eigenvalue weighted by atomic mass is 16.5. The zero-order valence-corrected chi connectivity index (χ0v) is 17.6. The van der Waals surface area contributed by atoms with Crippen molar-refractivity contribution < 1.29 is 30.1 Å². The van der Waals surface area contributed by atoms with E-state index in [1.54, 1.807) is 6.08 Å². The van der Waals surface area contributed by atoms with Gasteiger partial charge >= 0.3 is 5.97 Å². The van der Waals surface area contributed by atoms with Crippen LogP contribution in [0.5, 0.6) is 0 Å². The summed E-state index contributed by atoms with van der Waals surface area (Å²) in [4.78, 5) is 11.7. The van der Waals surface area contributed by atoms with Gasteiger partial charge in [-0.05, 0) is 74.7 Å². The van der Waals surface area contributed by atoms with E-state index in [1.807, 2.05) is 0 Å². The van der Waals surface area contributed by atoms with E-state index >= 15 is 0 Å². The van der Waals surface area contributed by atoms with Gasteiger partial charge in [0.1, 0.15) is 6.61 Å². The number of ether oxygens (including phenoxy) is 1. The molecule has 0 amide bonds.